The van der Waals surface area contributed by atoms with Crippen molar-refractivity contribution in [2.24, 2.45) is 0 Å². The van der Waals surface area contributed by atoms with Gasteiger partial charge in [-0.15, -0.1) is 11.3 Å². The van der Waals surface area contributed by atoms with Crippen LogP contribution in [0.4, 0.5) is 0 Å². The Morgan fingerprint density at radius 1 is 1.00 bits per heavy atom. The molecule has 2 aromatic carbocycles. The van der Waals surface area contributed by atoms with Crippen LogP contribution in [-0.2, 0) is 10.2 Å². The summed E-state index contributed by atoms with van der Waals surface area (Å²) in [5.74, 6) is -0.713. The highest BCUT2D eigenvalue weighted by molar-refractivity contribution is 7.19. The summed E-state index contributed by atoms with van der Waals surface area (Å²) < 4.78 is 0.805. The molecule has 1 aliphatic rings. The average Bonchev–Trinajstić information content (AvgIpc) is 3.36. The summed E-state index contributed by atoms with van der Waals surface area (Å²) in [6.07, 6.45) is 1.47. The van der Waals surface area contributed by atoms with Gasteiger partial charge in [-0.25, -0.2) is 0 Å². The van der Waals surface area contributed by atoms with Crippen molar-refractivity contribution in [1.29, 1.82) is 0 Å². The fourth-order valence-electron chi connectivity index (χ4n) is 3.28. The first-order valence-corrected chi connectivity index (χ1v) is 9.40. The van der Waals surface area contributed by atoms with Crippen molar-refractivity contribution >= 4 is 28.9 Å². The Hall–Kier alpha value is -2.10. The molecule has 0 unspecified atom stereocenters. The van der Waals surface area contributed by atoms with E-state index in [1.807, 2.05) is 30.3 Å². The summed E-state index contributed by atoms with van der Waals surface area (Å²) in [5.41, 5.74) is 4.84. The molecule has 0 saturated heterocycles. The van der Waals surface area contributed by atoms with Gasteiger partial charge in [-0.05, 0) is 53.6 Å². The minimum atomic E-state index is -0.713. The Balaban J connectivity index is 1.60. The minimum absolute atomic E-state index is 0.641. The monoisotopic (exact) mass is 368 g/mol. The zero-order valence-corrected chi connectivity index (χ0v) is 15.3. The van der Waals surface area contributed by atoms with Gasteiger partial charge in [0.15, 0.2) is 0 Å². The number of hydrogen-bond acceptors (Lipinski definition) is 2. The predicted molar refractivity (Wildman–Crippen MR) is 103 cm³/mol. The number of carboxylic acids is 1. The zero-order valence-electron chi connectivity index (χ0n) is 13.8. The average molecular weight is 369 g/mol. The van der Waals surface area contributed by atoms with E-state index in [1.54, 1.807) is 11.3 Å². The minimum Gasteiger partial charge on any atom is -0.481 e. The van der Waals surface area contributed by atoms with Gasteiger partial charge in [0.05, 0.1) is 9.75 Å². The van der Waals surface area contributed by atoms with Crippen LogP contribution in [0.3, 0.4) is 0 Å². The molecule has 0 aliphatic heterocycles. The first-order chi connectivity index (χ1) is 12.0. The number of hydrogen-bond donors (Lipinski definition) is 1. The SMILES string of the molecule is Cc1cc(Cl)sc1-c1ccc(-c2ccc(C3(C(=O)O)CC3)cc2)cc1. The van der Waals surface area contributed by atoms with Gasteiger partial charge in [-0.1, -0.05) is 60.1 Å². The first-order valence-electron chi connectivity index (χ1n) is 8.20. The number of thiophene rings is 1. The Labute approximate surface area is 155 Å². The van der Waals surface area contributed by atoms with Crippen molar-refractivity contribution in [1.82, 2.24) is 0 Å². The van der Waals surface area contributed by atoms with Crippen LogP contribution in [0, 0.1) is 6.92 Å². The molecule has 4 rings (SSSR count). The molecular weight excluding hydrogens is 352 g/mol. The Bertz CT molecular complexity index is 935. The van der Waals surface area contributed by atoms with Crippen molar-refractivity contribution in [3.8, 4) is 21.6 Å². The lowest BCUT2D eigenvalue weighted by atomic mass is 9.93. The van der Waals surface area contributed by atoms with E-state index in [1.165, 1.54) is 10.4 Å². The van der Waals surface area contributed by atoms with Crippen LogP contribution in [0.5, 0.6) is 0 Å². The number of carbonyl (C=O) groups is 1. The highest BCUT2D eigenvalue weighted by atomic mass is 35.5. The molecule has 1 aromatic heterocycles. The molecule has 1 fully saturated rings. The standard InChI is InChI=1S/C21H17ClO2S/c1-13-12-18(22)25-19(13)16-4-2-14(3-5-16)15-6-8-17(9-7-15)21(10-11-21)20(23)24/h2-9,12H,10-11H2,1H3,(H,23,24). The van der Waals surface area contributed by atoms with Crippen molar-refractivity contribution in [2.45, 2.75) is 25.2 Å². The van der Waals surface area contributed by atoms with Gasteiger partial charge in [0.25, 0.3) is 0 Å². The maximum Gasteiger partial charge on any atom is 0.314 e. The second-order valence-corrected chi connectivity index (χ2v) is 8.29. The molecule has 0 bridgehead atoms. The van der Waals surface area contributed by atoms with E-state index in [0.717, 1.165) is 39.4 Å². The lowest BCUT2D eigenvalue weighted by molar-refractivity contribution is -0.140. The Morgan fingerprint density at radius 2 is 1.52 bits per heavy atom. The number of aliphatic carboxylic acids is 1. The highest BCUT2D eigenvalue weighted by Gasteiger charge is 2.51. The summed E-state index contributed by atoms with van der Waals surface area (Å²) in [6, 6.07) is 18.3. The summed E-state index contributed by atoms with van der Waals surface area (Å²) in [4.78, 5) is 12.6. The lowest BCUT2D eigenvalue weighted by Crippen LogP contribution is -2.19. The molecule has 0 radical (unpaired) electrons. The molecule has 126 valence electrons. The third kappa shape index (κ3) is 2.88. The molecule has 3 aromatic rings. The molecule has 1 heterocycles. The van der Waals surface area contributed by atoms with E-state index in [9.17, 15) is 9.90 Å². The Morgan fingerprint density at radius 3 is 1.96 bits per heavy atom. The van der Waals surface area contributed by atoms with E-state index in [4.69, 9.17) is 11.6 Å². The van der Waals surface area contributed by atoms with Gasteiger partial charge in [-0.3, -0.25) is 4.79 Å². The van der Waals surface area contributed by atoms with Crippen molar-refractivity contribution < 1.29 is 9.90 Å². The van der Waals surface area contributed by atoms with E-state index >= 15 is 0 Å². The van der Waals surface area contributed by atoms with Crippen LogP contribution >= 0.6 is 22.9 Å². The van der Waals surface area contributed by atoms with E-state index in [0.29, 0.717) is 0 Å². The molecule has 1 saturated carbocycles. The normalized spacial score (nSPS) is 15.1. The van der Waals surface area contributed by atoms with Crippen molar-refractivity contribution in [3.63, 3.8) is 0 Å². The van der Waals surface area contributed by atoms with Crippen LogP contribution in [0.2, 0.25) is 4.34 Å². The quantitative estimate of drug-likeness (QED) is 0.598. The second-order valence-electron chi connectivity index (χ2n) is 6.60. The number of benzene rings is 2. The van der Waals surface area contributed by atoms with Gasteiger partial charge in [0.2, 0.25) is 0 Å². The van der Waals surface area contributed by atoms with Crippen molar-refractivity contribution in [2.75, 3.05) is 0 Å². The lowest BCUT2D eigenvalue weighted by Gasteiger charge is -2.11. The molecular formula is C21H17ClO2S. The molecule has 4 heteroatoms. The topological polar surface area (TPSA) is 37.3 Å². The van der Waals surface area contributed by atoms with Crippen LogP contribution in [0.1, 0.15) is 24.0 Å². The van der Waals surface area contributed by atoms with Gasteiger partial charge < -0.3 is 5.11 Å². The largest absolute Gasteiger partial charge is 0.481 e. The summed E-state index contributed by atoms with van der Waals surface area (Å²) >= 11 is 7.69. The van der Waals surface area contributed by atoms with Crippen LogP contribution < -0.4 is 0 Å². The van der Waals surface area contributed by atoms with Crippen LogP contribution in [0.25, 0.3) is 21.6 Å². The summed E-state index contributed by atoms with van der Waals surface area (Å²) in [6.45, 7) is 2.07. The van der Waals surface area contributed by atoms with Crippen molar-refractivity contribution in [3.05, 3.63) is 70.1 Å². The number of carboxylic acid groups (broad SMARTS) is 1. The molecule has 0 atom stereocenters. The predicted octanol–water partition coefficient (Wildman–Crippen LogP) is 6.16. The summed E-state index contributed by atoms with van der Waals surface area (Å²) in [7, 11) is 0. The molecule has 25 heavy (non-hydrogen) atoms. The summed E-state index contributed by atoms with van der Waals surface area (Å²) in [5, 5.41) is 9.40. The first kappa shape index (κ1) is 16.4. The molecule has 2 nitrogen and oxygen atoms in total. The second kappa shape index (κ2) is 6.01. The fourth-order valence-corrected chi connectivity index (χ4v) is 4.58. The highest BCUT2D eigenvalue weighted by Crippen LogP contribution is 2.48. The molecule has 0 spiro atoms. The molecule has 0 amide bonds. The zero-order chi connectivity index (χ0) is 17.6. The third-order valence-corrected chi connectivity index (χ3v) is 6.38. The third-order valence-electron chi connectivity index (χ3n) is 4.96. The van der Waals surface area contributed by atoms with E-state index in [2.05, 4.69) is 31.2 Å². The smallest absolute Gasteiger partial charge is 0.314 e. The van der Waals surface area contributed by atoms with Crippen LogP contribution in [-0.4, -0.2) is 11.1 Å². The molecule has 1 N–H and O–H groups in total. The van der Waals surface area contributed by atoms with Gasteiger partial charge in [0.1, 0.15) is 0 Å². The van der Waals surface area contributed by atoms with E-state index in [-0.39, 0.29) is 0 Å². The van der Waals surface area contributed by atoms with Crippen LogP contribution in [0.15, 0.2) is 54.6 Å². The molecule has 1 aliphatic carbocycles. The maximum absolute atomic E-state index is 11.4. The maximum atomic E-state index is 11.4. The number of rotatable bonds is 4. The van der Waals surface area contributed by atoms with Gasteiger partial charge in [0, 0.05) is 4.88 Å². The number of aryl methyl sites for hydroxylation is 1. The number of halogens is 1. The fraction of sp³-hybridized carbons (Fsp3) is 0.190. The Kier molecular flexibility index (Phi) is 3.94. The van der Waals surface area contributed by atoms with E-state index < -0.39 is 11.4 Å². The van der Waals surface area contributed by atoms with Gasteiger partial charge in [-0.2, -0.15) is 0 Å². The van der Waals surface area contributed by atoms with Gasteiger partial charge >= 0.3 is 5.97 Å².